The largest absolute Gasteiger partial charge is 0.349 e. The molecule has 0 saturated heterocycles. The molecule has 1 heterocycles. The molecule has 3 rings (SSSR count). The maximum Gasteiger partial charge on any atom is 0.254 e. The zero-order valence-corrected chi connectivity index (χ0v) is 12.2. The Morgan fingerprint density at radius 2 is 1.95 bits per heavy atom. The molecule has 1 aliphatic carbocycles. The van der Waals surface area contributed by atoms with Gasteiger partial charge in [0.25, 0.3) is 5.91 Å². The third kappa shape index (κ3) is 3.72. The maximum atomic E-state index is 12.2. The predicted octanol–water partition coefficient (Wildman–Crippen LogP) is 2.99. The van der Waals surface area contributed by atoms with Crippen LogP contribution in [-0.2, 0) is 6.54 Å². The zero-order chi connectivity index (χ0) is 14.5. The van der Waals surface area contributed by atoms with Crippen LogP contribution in [-0.4, -0.2) is 21.7 Å². The van der Waals surface area contributed by atoms with E-state index in [0.29, 0.717) is 18.2 Å². The molecule has 4 heteroatoms. The average Bonchev–Trinajstić information content (AvgIpc) is 2.98. The van der Waals surface area contributed by atoms with Crippen LogP contribution in [0.1, 0.15) is 48.0 Å². The molecule has 110 valence electrons. The number of nitrogens with one attached hydrogen (secondary N) is 1. The molecule has 1 aromatic heterocycles. The highest BCUT2D eigenvalue weighted by molar-refractivity contribution is 5.93. The van der Waals surface area contributed by atoms with Crippen LogP contribution in [0.4, 0.5) is 0 Å². The van der Waals surface area contributed by atoms with Crippen molar-refractivity contribution in [2.45, 2.75) is 44.7 Å². The number of rotatable bonds is 4. The third-order valence-electron chi connectivity index (χ3n) is 4.02. The van der Waals surface area contributed by atoms with Crippen LogP contribution in [0.5, 0.6) is 0 Å². The van der Waals surface area contributed by atoms with E-state index in [-0.39, 0.29) is 5.91 Å². The molecule has 1 saturated carbocycles. The van der Waals surface area contributed by atoms with Gasteiger partial charge in [0.2, 0.25) is 0 Å². The molecule has 2 aromatic rings. The van der Waals surface area contributed by atoms with Crippen molar-refractivity contribution in [1.82, 2.24) is 15.1 Å². The molecule has 0 atom stereocenters. The van der Waals surface area contributed by atoms with Crippen LogP contribution in [0.2, 0.25) is 0 Å². The molecule has 1 aliphatic rings. The van der Waals surface area contributed by atoms with Gasteiger partial charge in [0.05, 0.1) is 18.3 Å². The van der Waals surface area contributed by atoms with Gasteiger partial charge in [-0.3, -0.25) is 9.48 Å². The maximum absolute atomic E-state index is 12.2. The molecule has 1 amide bonds. The van der Waals surface area contributed by atoms with Crippen molar-refractivity contribution < 1.29 is 4.79 Å². The summed E-state index contributed by atoms with van der Waals surface area (Å²) in [6.45, 7) is 0.692. The average molecular weight is 283 g/mol. The van der Waals surface area contributed by atoms with E-state index in [9.17, 15) is 4.79 Å². The fourth-order valence-electron chi connectivity index (χ4n) is 2.85. The van der Waals surface area contributed by atoms with E-state index in [1.54, 1.807) is 6.20 Å². The van der Waals surface area contributed by atoms with Gasteiger partial charge < -0.3 is 5.32 Å². The first-order valence-corrected chi connectivity index (χ1v) is 7.68. The lowest BCUT2D eigenvalue weighted by Gasteiger charge is -2.22. The van der Waals surface area contributed by atoms with Gasteiger partial charge >= 0.3 is 0 Å². The van der Waals surface area contributed by atoms with E-state index in [0.717, 1.165) is 12.8 Å². The summed E-state index contributed by atoms with van der Waals surface area (Å²) < 4.78 is 1.81. The number of amides is 1. The highest BCUT2D eigenvalue weighted by Gasteiger charge is 2.17. The van der Waals surface area contributed by atoms with Gasteiger partial charge in [-0.05, 0) is 18.4 Å². The van der Waals surface area contributed by atoms with Crippen LogP contribution in [0.3, 0.4) is 0 Å². The van der Waals surface area contributed by atoms with Gasteiger partial charge in [0.15, 0.2) is 0 Å². The van der Waals surface area contributed by atoms with Gasteiger partial charge in [-0.25, -0.2) is 0 Å². The second-order valence-corrected chi connectivity index (χ2v) is 5.72. The molecule has 1 aromatic carbocycles. The lowest BCUT2D eigenvalue weighted by atomic mass is 9.95. The van der Waals surface area contributed by atoms with Crippen molar-refractivity contribution in [3.8, 4) is 0 Å². The summed E-state index contributed by atoms with van der Waals surface area (Å²) in [6, 6.07) is 10.5. The Balaban J connectivity index is 1.60. The molecule has 0 spiro atoms. The summed E-state index contributed by atoms with van der Waals surface area (Å²) in [7, 11) is 0. The van der Waals surface area contributed by atoms with E-state index in [4.69, 9.17) is 0 Å². The summed E-state index contributed by atoms with van der Waals surface area (Å²) >= 11 is 0. The number of carbonyl (C=O) groups excluding carboxylic acids is 1. The topological polar surface area (TPSA) is 46.9 Å². The van der Waals surface area contributed by atoms with Gasteiger partial charge in [-0.15, -0.1) is 0 Å². The number of hydrogen-bond acceptors (Lipinski definition) is 2. The Kier molecular flexibility index (Phi) is 4.34. The van der Waals surface area contributed by atoms with Crippen molar-refractivity contribution in [3.05, 3.63) is 53.9 Å². The molecular weight excluding hydrogens is 262 g/mol. The lowest BCUT2D eigenvalue weighted by Crippen LogP contribution is -2.35. The van der Waals surface area contributed by atoms with Crippen molar-refractivity contribution in [2.24, 2.45) is 0 Å². The Morgan fingerprint density at radius 1 is 1.19 bits per heavy atom. The highest BCUT2D eigenvalue weighted by atomic mass is 16.1. The monoisotopic (exact) mass is 283 g/mol. The van der Waals surface area contributed by atoms with E-state index in [1.165, 1.54) is 24.8 Å². The van der Waals surface area contributed by atoms with Crippen molar-refractivity contribution in [1.29, 1.82) is 0 Å². The fraction of sp³-hybridized carbons (Fsp3) is 0.412. The lowest BCUT2D eigenvalue weighted by molar-refractivity contribution is 0.0927. The van der Waals surface area contributed by atoms with Gasteiger partial charge in [-0.1, -0.05) is 49.6 Å². The van der Waals surface area contributed by atoms with E-state index in [1.807, 2.05) is 29.1 Å². The predicted molar refractivity (Wildman–Crippen MR) is 82.1 cm³/mol. The first-order valence-electron chi connectivity index (χ1n) is 7.68. The fourth-order valence-corrected chi connectivity index (χ4v) is 2.85. The van der Waals surface area contributed by atoms with E-state index >= 15 is 0 Å². The number of hydrogen-bond donors (Lipinski definition) is 1. The van der Waals surface area contributed by atoms with Gasteiger partial charge in [0.1, 0.15) is 0 Å². The first kappa shape index (κ1) is 13.9. The molecular formula is C17H21N3O. The standard InChI is InChI=1S/C17H21N3O/c21-17(19-16-9-5-2-6-10-16)15-11-18-20(13-15)12-14-7-3-1-4-8-14/h1,3-4,7-8,11,13,16H,2,5-6,9-10,12H2,(H,19,21). The molecule has 4 nitrogen and oxygen atoms in total. The Morgan fingerprint density at radius 3 is 2.71 bits per heavy atom. The van der Waals surface area contributed by atoms with Gasteiger partial charge in [-0.2, -0.15) is 5.10 Å². The molecule has 1 N–H and O–H groups in total. The minimum Gasteiger partial charge on any atom is -0.349 e. The molecule has 1 fully saturated rings. The first-order chi connectivity index (χ1) is 10.3. The summed E-state index contributed by atoms with van der Waals surface area (Å²) in [6.07, 6.45) is 9.41. The highest BCUT2D eigenvalue weighted by Crippen LogP contribution is 2.17. The van der Waals surface area contributed by atoms with Crippen LogP contribution >= 0.6 is 0 Å². The van der Waals surface area contributed by atoms with Crippen molar-refractivity contribution in [3.63, 3.8) is 0 Å². The molecule has 0 unspecified atom stereocenters. The van der Waals surface area contributed by atoms with Crippen molar-refractivity contribution in [2.75, 3.05) is 0 Å². The summed E-state index contributed by atoms with van der Waals surface area (Å²) in [5.41, 5.74) is 1.83. The number of benzene rings is 1. The summed E-state index contributed by atoms with van der Waals surface area (Å²) in [5.74, 6) is 0.00112. The van der Waals surface area contributed by atoms with Crippen LogP contribution in [0.15, 0.2) is 42.7 Å². The number of carbonyl (C=O) groups is 1. The molecule has 0 radical (unpaired) electrons. The van der Waals surface area contributed by atoms with E-state index in [2.05, 4.69) is 22.5 Å². The van der Waals surface area contributed by atoms with Crippen LogP contribution in [0.25, 0.3) is 0 Å². The quantitative estimate of drug-likeness (QED) is 0.937. The smallest absolute Gasteiger partial charge is 0.254 e. The minimum atomic E-state index is 0.00112. The van der Waals surface area contributed by atoms with Crippen LogP contribution in [0, 0.1) is 0 Å². The molecule has 0 aliphatic heterocycles. The molecule has 21 heavy (non-hydrogen) atoms. The third-order valence-corrected chi connectivity index (χ3v) is 4.02. The summed E-state index contributed by atoms with van der Waals surface area (Å²) in [4.78, 5) is 12.2. The zero-order valence-electron chi connectivity index (χ0n) is 12.2. The minimum absolute atomic E-state index is 0.00112. The Labute approximate surface area is 125 Å². The van der Waals surface area contributed by atoms with Crippen molar-refractivity contribution >= 4 is 5.91 Å². The normalized spacial score (nSPS) is 15.8. The second kappa shape index (κ2) is 6.57. The summed E-state index contributed by atoms with van der Waals surface area (Å²) in [5, 5.41) is 7.40. The Bertz CT molecular complexity index is 585. The number of aromatic nitrogens is 2. The number of nitrogens with zero attached hydrogens (tertiary/aromatic N) is 2. The SMILES string of the molecule is O=C(NC1CCCCC1)c1cnn(Cc2ccccc2)c1. The molecule has 0 bridgehead atoms. The second-order valence-electron chi connectivity index (χ2n) is 5.72. The Hall–Kier alpha value is -2.10. The van der Waals surface area contributed by atoms with Gasteiger partial charge in [0, 0.05) is 12.2 Å². The van der Waals surface area contributed by atoms with Crippen LogP contribution < -0.4 is 5.32 Å². The van der Waals surface area contributed by atoms with E-state index < -0.39 is 0 Å².